The third kappa shape index (κ3) is 2.19. The number of esters is 1. The molecule has 0 aliphatic carbocycles. The molecule has 0 saturated heterocycles. The second-order valence-electron chi connectivity index (χ2n) is 4.28. The van der Waals surface area contributed by atoms with E-state index in [0.29, 0.717) is 5.82 Å². The molecule has 0 aliphatic rings. The normalized spacial score (nSPS) is 10.5. The Morgan fingerprint density at radius 3 is 2.84 bits per heavy atom. The number of hydrogen-bond donors (Lipinski definition) is 1. The second kappa shape index (κ2) is 5.14. The molecule has 0 aliphatic heterocycles. The van der Waals surface area contributed by atoms with Gasteiger partial charge in [0, 0.05) is 0 Å². The van der Waals surface area contributed by atoms with Crippen molar-refractivity contribution < 1.29 is 9.53 Å². The van der Waals surface area contributed by atoms with Crippen molar-refractivity contribution in [3.63, 3.8) is 0 Å². The van der Waals surface area contributed by atoms with Crippen LogP contribution in [-0.4, -0.2) is 22.9 Å². The van der Waals surface area contributed by atoms with Crippen LogP contribution < -0.4 is 5.73 Å². The highest BCUT2D eigenvalue weighted by molar-refractivity contribution is 5.94. The van der Waals surface area contributed by atoms with E-state index in [0.717, 1.165) is 23.2 Å². The number of anilines is 1. The van der Waals surface area contributed by atoms with Crippen LogP contribution in [0.15, 0.2) is 24.4 Å². The largest absolute Gasteiger partial charge is 0.465 e. The minimum Gasteiger partial charge on any atom is -0.465 e. The van der Waals surface area contributed by atoms with Gasteiger partial charge in [0.2, 0.25) is 0 Å². The van der Waals surface area contributed by atoms with E-state index in [4.69, 9.17) is 5.73 Å². The molecule has 2 aromatic rings. The Hall–Kier alpha value is -2.30. The lowest BCUT2D eigenvalue weighted by molar-refractivity contribution is 0.0602. The standard InChI is InChI=1S/C14H17N3O2/c1-4-10-7-5-6-9(2)12(10)17-13(15)11(8-16-17)14(18)19-3/h5-8H,4,15H2,1-3H3. The number of aryl methyl sites for hydroxylation is 2. The Morgan fingerprint density at radius 2 is 2.21 bits per heavy atom. The highest BCUT2D eigenvalue weighted by Crippen LogP contribution is 2.24. The second-order valence-corrected chi connectivity index (χ2v) is 4.28. The highest BCUT2D eigenvalue weighted by Gasteiger charge is 2.18. The summed E-state index contributed by atoms with van der Waals surface area (Å²) in [5.41, 5.74) is 9.41. The molecule has 0 saturated carbocycles. The smallest absolute Gasteiger partial charge is 0.343 e. The number of nitrogens with zero attached hydrogens (tertiary/aromatic N) is 2. The van der Waals surface area contributed by atoms with Crippen molar-refractivity contribution in [2.45, 2.75) is 20.3 Å². The molecule has 0 atom stereocenters. The van der Waals surface area contributed by atoms with Crippen molar-refractivity contribution in [1.82, 2.24) is 9.78 Å². The quantitative estimate of drug-likeness (QED) is 0.857. The third-order valence-corrected chi connectivity index (χ3v) is 3.13. The molecule has 5 heteroatoms. The molecule has 0 unspecified atom stereocenters. The van der Waals surface area contributed by atoms with Gasteiger partial charge in [0.05, 0.1) is 19.0 Å². The van der Waals surface area contributed by atoms with Gasteiger partial charge in [-0.05, 0) is 24.5 Å². The number of aromatic nitrogens is 2. The molecule has 0 fully saturated rings. The fourth-order valence-corrected chi connectivity index (χ4v) is 2.11. The molecule has 1 aromatic carbocycles. The number of hydrogen-bond acceptors (Lipinski definition) is 4. The van der Waals surface area contributed by atoms with E-state index in [1.165, 1.54) is 13.3 Å². The Morgan fingerprint density at radius 1 is 1.47 bits per heavy atom. The predicted molar refractivity (Wildman–Crippen MR) is 73.4 cm³/mol. The van der Waals surface area contributed by atoms with Gasteiger partial charge in [0.15, 0.2) is 0 Å². The Balaban J connectivity index is 2.61. The number of ether oxygens (including phenoxy) is 1. The number of benzene rings is 1. The molecule has 0 amide bonds. The van der Waals surface area contributed by atoms with E-state index in [1.54, 1.807) is 4.68 Å². The molecular weight excluding hydrogens is 242 g/mol. The van der Waals surface area contributed by atoms with E-state index in [9.17, 15) is 4.79 Å². The maximum Gasteiger partial charge on any atom is 0.343 e. The van der Waals surface area contributed by atoms with E-state index in [2.05, 4.69) is 16.8 Å². The summed E-state index contributed by atoms with van der Waals surface area (Å²) in [6.07, 6.45) is 2.30. The van der Waals surface area contributed by atoms with Gasteiger partial charge >= 0.3 is 5.97 Å². The van der Waals surface area contributed by atoms with Crippen molar-refractivity contribution in [3.05, 3.63) is 41.1 Å². The van der Waals surface area contributed by atoms with E-state index in [1.807, 2.05) is 25.1 Å². The Kier molecular flexibility index (Phi) is 3.55. The summed E-state index contributed by atoms with van der Waals surface area (Å²) < 4.78 is 6.28. The van der Waals surface area contributed by atoms with Gasteiger partial charge in [-0.3, -0.25) is 0 Å². The Bertz CT molecular complexity index is 617. The SMILES string of the molecule is CCc1cccc(C)c1-n1ncc(C(=O)OC)c1N. The van der Waals surface area contributed by atoms with Gasteiger partial charge in [-0.25, -0.2) is 9.48 Å². The minimum atomic E-state index is -0.476. The fourth-order valence-electron chi connectivity index (χ4n) is 2.11. The number of nitrogen functional groups attached to an aromatic ring is 1. The maximum absolute atomic E-state index is 11.6. The van der Waals surface area contributed by atoms with Gasteiger partial charge in [-0.1, -0.05) is 25.1 Å². The van der Waals surface area contributed by atoms with Crippen molar-refractivity contribution in [2.24, 2.45) is 0 Å². The number of rotatable bonds is 3. The average molecular weight is 259 g/mol. The lowest BCUT2D eigenvalue weighted by atomic mass is 10.1. The van der Waals surface area contributed by atoms with Gasteiger partial charge in [-0.2, -0.15) is 5.10 Å². The summed E-state index contributed by atoms with van der Waals surface area (Å²) in [5, 5.41) is 4.22. The summed E-state index contributed by atoms with van der Waals surface area (Å²) in [4.78, 5) is 11.6. The van der Waals surface area contributed by atoms with Crippen LogP contribution in [0.3, 0.4) is 0 Å². The van der Waals surface area contributed by atoms with Crippen LogP contribution in [0.25, 0.3) is 5.69 Å². The first-order chi connectivity index (χ1) is 9.10. The molecule has 5 nitrogen and oxygen atoms in total. The van der Waals surface area contributed by atoms with Gasteiger partial charge in [0.1, 0.15) is 11.4 Å². The van der Waals surface area contributed by atoms with E-state index >= 15 is 0 Å². The molecule has 1 heterocycles. The van der Waals surface area contributed by atoms with Gasteiger partial charge in [-0.15, -0.1) is 0 Å². The fraction of sp³-hybridized carbons (Fsp3) is 0.286. The number of para-hydroxylation sites is 1. The van der Waals surface area contributed by atoms with Crippen molar-refractivity contribution >= 4 is 11.8 Å². The van der Waals surface area contributed by atoms with Crippen LogP contribution in [0.4, 0.5) is 5.82 Å². The van der Waals surface area contributed by atoms with E-state index in [-0.39, 0.29) is 5.56 Å². The molecule has 0 spiro atoms. The van der Waals surface area contributed by atoms with Crippen molar-refractivity contribution in [3.8, 4) is 5.69 Å². The number of carbonyl (C=O) groups excluding carboxylic acids is 1. The summed E-state index contributed by atoms with van der Waals surface area (Å²) in [6.45, 7) is 4.06. The highest BCUT2D eigenvalue weighted by atomic mass is 16.5. The zero-order valence-electron chi connectivity index (χ0n) is 11.3. The zero-order chi connectivity index (χ0) is 14.0. The first-order valence-corrected chi connectivity index (χ1v) is 6.10. The molecule has 0 bridgehead atoms. The molecule has 0 radical (unpaired) electrons. The van der Waals surface area contributed by atoms with Crippen LogP contribution in [0, 0.1) is 6.92 Å². The topological polar surface area (TPSA) is 70.1 Å². The van der Waals surface area contributed by atoms with Crippen molar-refractivity contribution in [2.75, 3.05) is 12.8 Å². The third-order valence-electron chi connectivity index (χ3n) is 3.13. The predicted octanol–water partition coefficient (Wildman–Crippen LogP) is 2.11. The monoisotopic (exact) mass is 259 g/mol. The lowest BCUT2D eigenvalue weighted by Gasteiger charge is -2.12. The number of nitrogens with two attached hydrogens (primary N) is 1. The average Bonchev–Trinajstić information content (AvgIpc) is 2.79. The zero-order valence-corrected chi connectivity index (χ0v) is 11.3. The van der Waals surface area contributed by atoms with Crippen LogP contribution >= 0.6 is 0 Å². The molecule has 2 N–H and O–H groups in total. The molecule has 100 valence electrons. The van der Waals surface area contributed by atoms with Crippen LogP contribution in [0.5, 0.6) is 0 Å². The summed E-state index contributed by atoms with van der Waals surface area (Å²) in [6, 6.07) is 6.02. The number of methoxy groups -OCH3 is 1. The lowest BCUT2D eigenvalue weighted by Crippen LogP contribution is -2.10. The maximum atomic E-state index is 11.6. The van der Waals surface area contributed by atoms with Gasteiger partial charge < -0.3 is 10.5 Å². The van der Waals surface area contributed by atoms with Crippen molar-refractivity contribution in [1.29, 1.82) is 0 Å². The molecule has 19 heavy (non-hydrogen) atoms. The van der Waals surface area contributed by atoms with E-state index < -0.39 is 5.97 Å². The molecule has 1 aromatic heterocycles. The molecule has 2 rings (SSSR count). The summed E-state index contributed by atoms with van der Waals surface area (Å²) >= 11 is 0. The molecular formula is C14H17N3O2. The first-order valence-electron chi connectivity index (χ1n) is 6.10. The van der Waals surface area contributed by atoms with Crippen LogP contribution in [0.2, 0.25) is 0 Å². The first kappa shape index (κ1) is 13.1. The minimum absolute atomic E-state index is 0.285. The van der Waals surface area contributed by atoms with Gasteiger partial charge in [0.25, 0.3) is 0 Å². The summed E-state index contributed by atoms with van der Waals surface area (Å²) in [7, 11) is 1.32. The Labute approximate surface area is 112 Å². The number of carbonyl (C=O) groups is 1. The van der Waals surface area contributed by atoms with Crippen LogP contribution in [-0.2, 0) is 11.2 Å². The van der Waals surface area contributed by atoms with Crippen LogP contribution in [0.1, 0.15) is 28.4 Å². The summed E-state index contributed by atoms with van der Waals surface area (Å²) in [5.74, 6) is -0.175.